The monoisotopic (exact) mass is 410 g/mol. The summed E-state index contributed by atoms with van der Waals surface area (Å²) in [6, 6.07) is 14.6. The van der Waals surface area contributed by atoms with Crippen LogP contribution in [0, 0.1) is 3.57 Å². The summed E-state index contributed by atoms with van der Waals surface area (Å²) in [5.74, 6) is 0. The van der Waals surface area contributed by atoms with Gasteiger partial charge in [-0.2, -0.15) is 0 Å². The molecule has 21 heavy (non-hydrogen) atoms. The summed E-state index contributed by atoms with van der Waals surface area (Å²) in [6.07, 6.45) is 1.98. The van der Waals surface area contributed by atoms with Crippen molar-refractivity contribution >= 4 is 51.3 Å². The minimum absolute atomic E-state index is 0.631. The largest absolute Gasteiger partial charge is 0.332 e. The second kappa shape index (κ2) is 7.75. The number of thiocarbonyl (C=S) groups is 1. The first kappa shape index (κ1) is 16.2. The van der Waals surface area contributed by atoms with E-state index in [0.29, 0.717) is 5.11 Å². The van der Waals surface area contributed by atoms with Crippen molar-refractivity contribution in [2.24, 2.45) is 0 Å². The highest BCUT2D eigenvalue weighted by Gasteiger charge is 2.08. The summed E-state index contributed by atoms with van der Waals surface area (Å²) in [5, 5.41) is 7.23. The van der Waals surface area contributed by atoms with Gasteiger partial charge in [0.1, 0.15) is 0 Å². The molecule has 0 saturated carbocycles. The summed E-state index contributed by atoms with van der Waals surface area (Å²) < 4.78 is 1.21. The molecule has 2 aromatic carbocycles. The molecule has 0 atom stereocenters. The van der Waals surface area contributed by atoms with E-state index in [-0.39, 0.29) is 0 Å². The number of rotatable bonds is 4. The molecule has 4 heteroatoms. The van der Waals surface area contributed by atoms with Crippen LogP contribution in [-0.4, -0.2) is 5.11 Å². The van der Waals surface area contributed by atoms with Crippen LogP contribution >= 0.6 is 34.8 Å². The summed E-state index contributed by atoms with van der Waals surface area (Å²) in [5.41, 5.74) is 4.73. The van der Waals surface area contributed by atoms with Crippen LogP contribution in [0.15, 0.2) is 42.5 Å². The lowest BCUT2D eigenvalue weighted by atomic mass is 10.0. The Kier molecular flexibility index (Phi) is 5.99. The van der Waals surface area contributed by atoms with E-state index in [1.54, 1.807) is 0 Å². The first-order valence-corrected chi connectivity index (χ1v) is 8.57. The van der Waals surface area contributed by atoms with Crippen molar-refractivity contribution in [1.29, 1.82) is 0 Å². The highest BCUT2D eigenvalue weighted by atomic mass is 127. The molecule has 0 spiro atoms. The summed E-state index contributed by atoms with van der Waals surface area (Å²) in [7, 11) is 0. The zero-order valence-corrected chi connectivity index (χ0v) is 15.2. The number of nitrogens with one attached hydrogen (secondary N) is 2. The van der Waals surface area contributed by atoms with E-state index in [1.165, 1.54) is 14.7 Å². The molecule has 0 heterocycles. The Morgan fingerprint density at radius 3 is 2.05 bits per heavy atom. The molecule has 110 valence electrons. The van der Waals surface area contributed by atoms with Crippen LogP contribution in [0.5, 0.6) is 0 Å². The van der Waals surface area contributed by atoms with E-state index in [1.807, 2.05) is 12.1 Å². The maximum absolute atomic E-state index is 5.44. The molecule has 0 fully saturated rings. The number of aryl methyl sites for hydroxylation is 2. The number of anilines is 2. The van der Waals surface area contributed by atoms with Crippen molar-refractivity contribution in [2.45, 2.75) is 26.7 Å². The first-order valence-electron chi connectivity index (χ1n) is 7.08. The van der Waals surface area contributed by atoms with Crippen LogP contribution in [0.1, 0.15) is 25.0 Å². The molecule has 0 aliphatic carbocycles. The molecule has 0 unspecified atom stereocenters. The molecule has 0 saturated heterocycles. The third-order valence-corrected chi connectivity index (χ3v) is 4.26. The summed E-state index contributed by atoms with van der Waals surface area (Å²) in [4.78, 5) is 0. The Morgan fingerprint density at radius 2 is 1.52 bits per heavy atom. The Bertz CT molecular complexity index is 601. The van der Waals surface area contributed by atoms with Crippen LogP contribution in [0.4, 0.5) is 11.4 Å². The average molecular weight is 410 g/mol. The molecule has 2 N–H and O–H groups in total. The second-order valence-corrected chi connectivity index (χ2v) is 6.40. The lowest BCUT2D eigenvalue weighted by molar-refractivity contribution is 1.09. The van der Waals surface area contributed by atoms with E-state index in [0.717, 1.165) is 24.2 Å². The van der Waals surface area contributed by atoms with Crippen LogP contribution in [0.2, 0.25) is 0 Å². The van der Waals surface area contributed by atoms with Gasteiger partial charge in [-0.1, -0.05) is 32.0 Å². The fraction of sp³-hybridized carbons (Fsp3) is 0.235. The lowest BCUT2D eigenvalue weighted by Crippen LogP contribution is -2.20. The van der Waals surface area contributed by atoms with Gasteiger partial charge in [0.2, 0.25) is 0 Å². The van der Waals surface area contributed by atoms with Gasteiger partial charge in [-0.15, -0.1) is 0 Å². The van der Waals surface area contributed by atoms with E-state index in [4.69, 9.17) is 12.2 Å². The van der Waals surface area contributed by atoms with E-state index in [9.17, 15) is 0 Å². The van der Waals surface area contributed by atoms with Gasteiger partial charge in [0.05, 0.1) is 0 Å². The Hall–Kier alpha value is -1.14. The normalized spacial score (nSPS) is 10.2. The van der Waals surface area contributed by atoms with Crippen LogP contribution in [-0.2, 0) is 12.8 Å². The number of halogens is 1. The highest BCUT2D eigenvalue weighted by Crippen LogP contribution is 2.23. The molecule has 0 aliphatic heterocycles. The minimum Gasteiger partial charge on any atom is -0.332 e. The topological polar surface area (TPSA) is 24.1 Å². The third-order valence-electron chi connectivity index (χ3n) is 3.34. The van der Waals surface area contributed by atoms with Crippen LogP contribution in [0.3, 0.4) is 0 Å². The average Bonchev–Trinajstić information content (AvgIpc) is 2.49. The van der Waals surface area contributed by atoms with Crippen LogP contribution in [0.25, 0.3) is 0 Å². The lowest BCUT2D eigenvalue weighted by Gasteiger charge is -2.17. The highest BCUT2D eigenvalue weighted by molar-refractivity contribution is 14.1. The zero-order valence-electron chi connectivity index (χ0n) is 12.2. The summed E-state index contributed by atoms with van der Waals surface area (Å²) in [6.45, 7) is 4.32. The third kappa shape index (κ3) is 4.41. The van der Waals surface area contributed by atoms with Gasteiger partial charge >= 0.3 is 0 Å². The first-order chi connectivity index (χ1) is 10.1. The fourth-order valence-corrected chi connectivity index (χ4v) is 2.79. The molecule has 2 rings (SSSR count). The SMILES string of the molecule is CCc1cccc(CC)c1NC(=S)Nc1ccc(I)cc1. The van der Waals surface area contributed by atoms with Gasteiger partial charge in [-0.25, -0.2) is 0 Å². The van der Waals surface area contributed by atoms with Gasteiger partial charge in [0.25, 0.3) is 0 Å². The fourth-order valence-electron chi connectivity index (χ4n) is 2.21. The molecule has 2 aromatic rings. The predicted molar refractivity (Wildman–Crippen MR) is 104 cm³/mol. The number of hydrogen-bond donors (Lipinski definition) is 2. The number of para-hydroxylation sites is 1. The smallest absolute Gasteiger partial charge is 0.175 e. The van der Waals surface area contributed by atoms with Crippen molar-refractivity contribution in [3.8, 4) is 0 Å². The molecule has 0 bridgehead atoms. The number of benzene rings is 2. The number of hydrogen-bond acceptors (Lipinski definition) is 1. The molecular weight excluding hydrogens is 391 g/mol. The van der Waals surface area contributed by atoms with Crippen molar-refractivity contribution in [2.75, 3.05) is 10.6 Å². The van der Waals surface area contributed by atoms with Crippen molar-refractivity contribution < 1.29 is 0 Å². The standard InChI is InChI=1S/C17H19IN2S/c1-3-12-6-5-7-13(4-2)16(12)20-17(21)19-15-10-8-14(18)9-11-15/h5-11H,3-4H2,1-2H3,(H2,19,20,21). The summed E-state index contributed by atoms with van der Waals surface area (Å²) >= 11 is 7.73. The van der Waals surface area contributed by atoms with Crippen molar-refractivity contribution in [3.05, 3.63) is 57.2 Å². The quantitative estimate of drug-likeness (QED) is 0.534. The van der Waals surface area contributed by atoms with E-state index >= 15 is 0 Å². The van der Waals surface area contributed by atoms with E-state index in [2.05, 4.69) is 77.4 Å². The maximum Gasteiger partial charge on any atom is 0.175 e. The zero-order chi connectivity index (χ0) is 15.2. The predicted octanol–water partition coefficient (Wildman–Crippen LogP) is 5.22. The van der Waals surface area contributed by atoms with Gasteiger partial charge in [-0.3, -0.25) is 0 Å². The minimum atomic E-state index is 0.631. The molecule has 0 aliphatic rings. The van der Waals surface area contributed by atoms with Crippen molar-refractivity contribution in [1.82, 2.24) is 0 Å². The van der Waals surface area contributed by atoms with Gasteiger partial charge in [-0.05, 0) is 83.0 Å². The van der Waals surface area contributed by atoms with Gasteiger partial charge in [0, 0.05) is 14.9 Å². The van der Waals surface area contributed by atoms with Crippen molar-refractivity contribution in [3.63, 3.8) is 0 Å². The molecule has 0 radical (unpaired) electrons. The second-order valence-electron chi connectivity index (χ2n) is 4.74. The Balaban J connectivity index is 2.14. The van der Waals surface area contributed by atoms with E-state index < -0.39 is 0 Å². The molecule has 2 nitrogen and oxygen atoms in total. The molecule has 0 aromatic heterocycles. The Labute approximate surface area is 145 Å². The maximum atomic E-state index is 5.44. The van der Waals surface area contributed by atoms with Gasteiger partial charge in [0.15, 0.2) is 5.11 Å². The molecular formula is C17H19IN2S. The molecule has 0 amide bonds. The van der Waals surface area contributed by atoms with Crippen LogP contribution < -0.4 is 10.6 Å². The Morgan fingerprint density at radius 1 is 0.952 bits per heavy atom. The van der Waals surface area contributed by atoms with Gasteiger partial charge < -0.3 is 10.6 Å².